The fourth-order valence-corrected chi connectivity index (χ4v) is 4.59. The Kier molecular flexibility index (Phi) is 5.30. The predicted octanol–water partition coefficient (Wildman–Crippen LogP) is 1.97. The highest BCUT2D eigenvalue weighted by atomic mass is 19.4. The van der Waals surface area contributed by atoms with Crippen LogP contribution in [0.2, 0.25) is 0 Å². The van der Waals surface area contributed by atoms with Gasteiger partial charge < -0.3 is 10.2 Å². The summed E-state index contributed by atoms with van der Waals surface area (Å²) in [5, 5.41) is 22.4. The zero-order valence-corrected chi connectivity index (χ0v) is 16.5. The van der Waals surface area contributed by atoms with E-state index in [-0.39, 0.29) is 12.1 Å². The normalized spacial score (nSPS) is 27.6. The number of aliphatic carboxylic acids is 1. The van der Waals surface area contributed by atoms with Crippen molar-refractivity contribution in [2.24, 2.45) is 11.8 Å². The molecule has 2 fully saturated rings. The van der Waals surface area contributed by atoms with E-state index in [1.54, 1.807) is 30.3 Å². The monoisotopic (exact) mass is 448 g/mol. The SMILES string of the molecule is O=C1C2C(c3cccc(C(F)(F)F)c3)NC(CO)(C(=O)O)C2C(=O)N1Cc1ccccc1. The fourth-order valence-electron chi connectivity index (χ4n) is 4.59. The molecule has 0 saturated carbocycles. The summed E-state index contributed by atoms with van der Waals surface area (Å²) in [6.45, 7) is -1.13. The highest BCUT2D eigenvalue weighted by Crippen LogP contribution is 2.49. The summed E-state index contributed by atoms with van der Waals surface area (Å²) in [6.07, 6.45) is -4.65. The Morgan fingerprint density at radius 3 is 2.34 bits per heavy atom. The van der Waals surface area contributed by atoms with Gasteiger partial charge in [0.05, 0.1) is 30.6 Å². The van der Waals surface area contributed by atoms with Crippen molar-refractivity contribution in [3.8, 4) is 0 Å². The molecule has 2 aromatic rings. The maximum absolute atomic E-state index is 13.3. The van der Waals surface area contributed by atoms with Crippen LogP contribution in [0.15, 0.2) is 54.6 Å². The van der Waals surface area contributed by atoms with Crippen LogP contribution in [0.25, 0.3) is 0 Å². The van der Waals surface area contributed by atoms with Crippen LogP contribution >= 0.6 is 0 Å². The quantitative estimate of drug-likeness (QED) is 0.604. The molecular formula is C22H19F3N2O5. The number of halogens is 3. The van der Waals surface area contributed by atoms with Crippen molar-refractivity contribution in [2.45, 2.75) is 24.3 Å². The van der Waals surface area contributed by atoms with Crippen molar-refractivity contribution in [3.63, 3.8) is 0 Å². The number of imide groups is 1. The highest BCUT2D eigenvalue weighted by molar-refractivity contribution is 6.09. The van der Waals surface area contributed by atoms with E-state index in [2.05, 4.69) is 5.32 Å². The lowest BCUT2D eigenvalue weighted by Gasteiger charge is -2.29. The Hall–Kier alpha value is -3.24. The lowest BCUT2D eigenvalue weighted by Crippen LogP contribution is -2.58. The average molecular weight is 448 g/mol. The molecule has 32 heavy (non-hydrogen) atoms. The van der Waals surface area contributed by atoms with Crippen LogP contribution in [-0.4, -0.2) is 45.0 Å². The highest BCUT2D eigenvalue weighted by Gasteiger charge is 2.68. The number of aliphatic hydroxyl groups is 1. The molecule has 3 N–H and O–H groups in total. The zero-order chi connectivity index (χ0) is 23.3. The molecule has 0 spiro atoms. The molecule has 0 bridgehead atoms. The number of carbonyl (C=O) groups is 3. The van der Waals surface area contributed by atoms with E-state index < -0.39 is 59.5 Å². The molecule has 10 heteroatoms. The molecule has 0 aliphatic carbocycles. The van der Waals surface area contributed by atoms with Gasteiger partial charge in [-0.15, -0.1) is 0 Å². The summed E-state index contributed by atoms with van der Waals surface area (Å²) in [7, 11) is 0. The van der Waals surface area contributed by atoms with Gasteiger partial charge in [-0.05, 0) is 23.3 Å². The molecule has 2 amide bonds. The lowest BCUT2D eigenvalue weighted by atomic mass is 9.79. The van der Waals surface area contributed by atoms with Crippen LogP contribution in [0.3, 0.4) is 0 Å². The third-order valence-corrected chi connectivity index (χ3v) is 6.13. The first kappa shape index (κ1) is 22.0. The van der Waals surface area contributed by atoms with Gasteiger partial charge in [0.15, 0.2) is 5.54 Å². The van der Waals surface area contributed by atoms with Crippen LogP contribution < -0.4 is 5.32 Å². The number of hydrogen-bond donors (Lipinski definition) is 3. The van der Waals surface area contributed by atoms with Crippen molar-refractivity contribution < 1.29 is 37.8 Å². The molecule has 168 valence electrons. The molecule has 0 aromatic heterocycles. The third kappa shape index (κ3) is 3.35. The maximum Gasteiger partial charge on any atom is 0.416 e. The third-order valence-electron chi connectivity index (χ3n) is 6.13. The van der Waals surface area contributed by atoms with Crippen molar-refractivity contribution in [1.82, 2.24) is 10.2 Å². The van der Waals surface area contributed by atoms with Crippen LogP contribution in [0.5, 0.6) is 0 Å². The van der Waals surface area contributed by atoms with Gasteiger partial charge in [-0.25, -0.2) is 0 Å². The van der Waals surface area contributed by atoms with E-state index in [1.807, 2.05) is 0 Å². The second kappa shape index (κ2) is 7.72. The van der Waals surface area contributed by atoms with Crippen molar-refractivity contribution in [1.29, 1.82) is 0 Å². The molecule has 2 aliphatic rings. The van der Waals surface area contributed by atoms with Crippen LogP contribution in [-0.2, 0) is 27.1 Å². The van der Waals surface area contributed by atoms with Gasteiger partial charge in [0, 0.05) is 6.04 Å². The number of aliphatic hydroxyl groups excluding tert-OH is 1. The molecule has 0 radical (unpaired) electrons. The summed E-state index contributed by atoms with van der Waals surface area (Å²) < 4.78 is 39.7. The lowest BCUT2D eigenvalue weighted by molar-refractivity contribution is -0.153. The smallest absolute Gasteiger partial charge is 0.416 e. The van der Waals surface area contributed by atoms with E-state index in [0.29, 0.717) is 5.56 Å². The molecule has 2 heterocycles. The van der Waals surface area contributed by atoms with Gasteiger partial charge in [0.2, 0.25) is 11.8 Å². The molecule has 2 aliphatic heterocycles. The molecular weight excluding hydrogens is 429 g/mol. The number of likely N-dealkylation sites (tertiary alicyclic amines) is 1. The number of amides is 2. The predicted molar refractivity (Wildman–Crippen MR) is 104 cm³/mol. The number of nitrogens with one attached hydrogen (secondary N) is 1. The first-order valence-electron chi connectivity index (χ1n) is 9.78. The second-order valence-corrected chi connectivity index (χ2v) is 7.93. The van der Waals surface area contributed by atoms with Crippen molar-refractivity contribution >= 4 is 17.8 Å². The summed E-state index contributed by atoms with van der Waals surface area (Å²) in [5.41, 5.74) is -2.54. The maximum atomic E-state index is 13.3. The number of carbonyl (C=O) groups excluding carboxylic acids is 2. The molecule has 2 saturated heterocycles. The molecule has 4 unspecified atom stereocenters. The van der Waals surface area contributed by atoms with E-state index in [9.17, 15) is 37.8 Å². The van der Waals surface area contributed by atoms with Crippen molar-refractivity contribution in [3.05, 3.63) is 71.3 Å². The van der Waals surface area contributed by atoms with Crippen LogP contribution in [0.1, 0.15) is 22.7 Å². The second-order valence-electron chi connectivity index (χ2n) is 7.93. The minimum absolute atomic E-state index is 0.00844. The first-order valence-corrected chi connectivity index (χ1v) is 9.78. The Morgan fingerprint density at radius 2 is 1.75 bits per heavy atom. The summed E-state index contributed by atoms with van der Waals surface area (Å²) in [4.78, 5) is 39.5. The number of fused-ring (bicyclic) bond motifs is 1. The first-order chi connectivity index (χ1) is 15.1. The largest absolute Gasteiger partial charge is 0.480 e. The van der Waals surface area contributed by atoms with Gasteiger partial charge >= 0.3 is 12.1 Å². The molecule has 4 atom stereocenters. The van der Waals surface area contributed by atoms with E-state index in [4.69, 9.17) is 0 Å². The number of carboxylic acid groups (broad SMARTS) is 1. The number of carboxylic acids is 1. The minimum atomic E-state index is -4.65. The average Bonchev–Trinajstić information content (AvgIpc) is 3.24. The van der Waals surface area contributed by atoms with E-state index in [0.717, 1.165) is 23.1 Å². The molecule has 7 nitrogen and oxygen atoms in total. The van der Waals surface area contributed by atoms with E-state index >= 15 is 0 Å². The molecule has 2 aromatic carbocycles. The minimum Gasteiger partial charge on any atom is -0.480 e. The number of benzene rings is 2. The van der Waals surface area contributed by atoms with Gasteiger partial charge in [0.25, 0.3) is 0 Å². The molecule has 4 rings (SSSR count). The van der Waals surface area contributed by atoms with E-state index in [1.165, 1.54) is 6.07 Å². The Labute approximate surface area is 180 Å². The van der Waals surface area contributed by atoms with Crippen LogP contribution in [0, 0.1) is 11.8 Å². The number of rotatable bonds is 5. The number of nitrogens with zero attached hydrogens (tertiary/aromatic N) is 1. The Morgan fingerprint density at radius 1 is 1.06 bits per heavy atom. The van der Waals surface area contributed by atoms with Gasteiger partial charge in [-0.1, -0.05) is 42.5 Å². The Bertz CT molecular complexity index is 1070. The summed E-state index contributed by atoms with van der Waals surface area (Å²) >= 11 is 0. The summed E-state index contributed by atoms with van der Waals surface area (Å²) in [5.74, 6) is -5.80. The zero-order valence-electron chi connectivity index (χ0n) is 16.5. The summed E-state index contributed by atoms with van der Waals surface area (Å²) in [6, 6.07) is 11.5. The standard InChI is InChI=1S/C22H19F3N2O5/c23-22(24,25)14-8-4-7-13(9-14)17-15-16(21(11-28,26-17)20(31)32)19(30)27(18(15)29)10-12-5-2-1-3-6-12/h1-9,15-17,26,28H,10-11H2,(H,31,32). The number of alkyl halides is 3. The topological polar surface area (TPSA) is 107 Å². The van der Waals surface area contributed by atoms with Gasteiger partial charge in [0.1, 0.15) is 0 Å². The Balaban J connectivity index is 1.78. The van der Waals surface area contributed by atoms with Gasteiger partial charge in [-0.3, -0.25) is 24.6 Å². The van der Waals surface area contributed by atoms with Crippen LogP contribution in [0.4, 0.5) is 13.2 Å². The van der Waals surface area contributed by atoms with Crippen molar-refractivity contribution in [2.75, 3.05) is 6.61 Å². The number of hydrogen-bond acceptors (Lipinski definition) is 5. The fraction of sp³-hybridized carbons (Fsp3) is 0.318. The van der Waals surface area contributed by atoms with Gasteiger partial charge in [-0.2, -0.15) is 13.2 Å².